The van der Waals surface area contributed by atoms with Gasteiger partial charge in [-0.05, 0) is 49.9 Å². The van der Waals surface area contributed by atoms with Gasteiger partial charge in [-0.25, -0.2) is 4.79 Å². The second-order valence-corrected chi connectivity index (χ2v) is 7.20. The number of piperidine rings is 1. The van der Waals surface area contributed by atoms with Gasteiger partial charge in [-0.3, -0.25) is 9.69 Å². The van der Waals surface area contributed by atoms with Crippen molar-refractivity contribution in [3.8, 4) is 0 Å². The van der Waals surface area contributed by atoms with Gasteiger partial charge in [0.25, 0.3) is 0 Å². The molecule has 0 spiro atoms. The number of hydrogen-bond acceptors (Lipinski definition) is 3. The van der Waals surface area contributed by atoms with E-state index in [1.54, 1.807) is 24.3 Å². The summed E-state index contributed by atoms with van der Waals surface area (Å²) in [6.45, 7) is 5.23. The van der Waals surface area contributed by atoms with Crippen molar-refractivity contribution in [2.75, 3.05) is 25.0 Å². The molecule has 0 aromatic heterocycles. The van der Waals surface area contributed by atoms with Crippen LogP contribution in [0.4, 0.5) is 10.5 Å². The molecule has 1 aliphatic rings. The van der Waals surface area contributed by atoms with Crippen LogP contribution in [0.15, 0.2) is 54.6 Å². The summed E-state index contributed by atoms with van der Waals surface area (Å²) in [4.78, 5) is 26.1. The van der Waals surface area contributed by atoms with Crippen LogP contribution in [0.1, 0.15) is 35.7 Å². The highest BCUT2D eigenvalue weighted by atomic mass is 16.2. The first kappa shape index (κ1) is 19.1. The molecule has 2 aromatic carbocycles. The summed E-state index contributed by atoms with van der Waals surface area (Å²) in [5.41, 5.74) is 2.56. The monoisotopic (exact) mass is 365 g/mol. The first-order valence-corrected chi connectivity index (χ1v) is 9.52. The summed E-state index contributed by atoms with van der Waals surface area (Å²) in [5.74, 6) is 0.441. The Morgan fingerprint density at radius 1 is 1.11 bits per heavy atom. The van der Waals surface area contributed by atoms with Gasteiger partial charge in [0.05, 0.1) is 0 Å². The van der Waals surface area contributed by atoms with Crippen LogP contribution in [0.5, 0.6) is 0 Å². The van der Waals surface area contributed by atoms with Crippen LogP contribution in [-0.4, -0.2) is 36.3 Å². The number of carbonyl (C=O) groups excluding carboxylic acids is 2. The first-order chi connectivity index (χ1) is 13.1. The summed E-state index contributed by atoms with van der Waals surface area (Å²) in [7, 11) is 0. The molecule has 0 saturated carbocycles. The molecule has 5 heteroatoms. The van der Waals surface area contributed by atoms with E-state index in [0.717, 1.165) is 32.5 Å². The van der Waals surface area contributed by atoms with E-state index in [1.807, 2.05) is 6.07 Å². The third-order valence-corrected chi connectivity index (χ3v) is 4.93. The van der Waals surface area contributed by atoms with Gasteiger partial charge < -0.3 is 10.6 Å². The quantitative estimate of drug-likeness (QED) is 0.763. The van der Waals surface area contributed by atoms with Crippen molar-refractivity contribution in [3.63, 3.8) is 0 Å². The predicted octanol–water partition coefficient (Wildman–Crippen LogP) is 3.92. The molecule has 1 unspecified atom stereocenters. The van der Waals surface area contributed by atoms with Crippen LogP contribution in [0.3, 0.4) is 0 Å². The smallest absolute Gasteiger partial charge is 0.319 e. The van der Waals surface area contributed by atoms with Crippen molar-refractivity contribution in [2.24, 2.45) is 5.92 Å². The van der Waals surface area contributed by atoms with Crippen LogP contribution in [0.2, 0.25) is 0 Å². The normalized spacial score (nSPS) is 17.3. The van der Waals surface area contributed by atoms with Gasteiger partial charge in [0, 0.05) is 30.9 Å². The number of ketones is 1. The van der Waals surface area contributed by atoms with Gasteiger partial charge in [0.1, 0.15) is 0 Å². The van der Waals surface area contributed by atoms with Gasteiger partial charge in [-0.15, -0.1) is 0 Å². The Morgan fingerprint density at radius 2 is 1.93 bits per heavy atom. The topological polar surface area (TPSA) is 61.4 Å². The van der Waals surface area contributed by atoms with E-state index in [1.165, 1.54) is 12.5 Å². The number of Topliss-reactive ketones (excluding diaryl/α,β-unsaturated/α-hetero) is 1. The van der Waals surface area contributed by atoms with Crippen molar-refractivity contribution in [1.29, 1.82) is 0 Å². The summed E-state index contributed by atoms with van der Waals surface area (Å²) in [5, 5.41) is 5.78. The minimum atomic E-state index is -0.226. The maximum absolute atomic E-state index is 12.2. The fraction of sp³-hybridized carbons (Fsp3) is 0.364. The molecule has 27 heavy (non-hydrogen) atoms. The second-order valence-electron chi connectivity index (χ2n) is 7.20. The Kier molecular flexibility index (Phi) is 6.60. The minimum absolute atomic E-state index is 0.0141. The van der Waals surface area contributed by atoms with Crippen LogP contribution in [0.25, 0.3) is 0 Å². The zero-order valence-electron chi connectivity index (χ0n) is 15.8. The van der Waals surface area contributed by atoms with E-state index < -0.39 is 0 Å². The van der Waals surface area contributed by atoms with Crippen molar-refractivity contribution in [2.45, 2.75) is 26.3 Å². The van der Waals surface area contributed by atoms with Crippen molar-refractivity contribution < 1.29 is 9.59 Å². The zero-order chi connectivity index (χ0) is 19.1. The number of benzene rings is 2. The first-order valence-electron chi connectivity index (χ1n) is 9.52. The molecule has 2 amide bonds. The molecule has 142 valence electrons. The van der Waals surface area contributed by atoms with E-state index in [0.29, 0.717) is 23.7 Å². The predicted molar refractivity (Wildman–Crippen MR) is 108 cm³/mol. The summed E-state index contributed by atoms with van der Waals surface area (Å²) < 4.78 is 0. The Bertz CT molecular complexity index is 776. The van der Waals surface area contributed by atoms with Crippen LogP contribution in [0, 0.1) is 5.92 Å². The molecular weight excluding hydrogens is 338 g/mol. The Labute approximate surface area is 160 Å². The molecule has 0 bridgehead atoms. The molecule has 1 aliphatic heterocycles. The Morgan fingerprint density at radius 3 is 2.70 bits per heavy atom. The number of rotatable bonds is 6. The van der Waals surface area contributed by atoms with E-state index in [9.17, 15) is 9.59 Å². The van der Waals surface area contributed by atoms with E-state index in [-0.39, 0.29) is 11.8 Å². The maximum Gasteiger partial charge on any atom is 0.319 e. The molecule has 0 aliphatic carbocycles. The molecule has 1 atom stereocenters. The lowest BCUT2D eigenvalue weighted by Gasteiger charge is -2.32. The average molecular weight is 365 g/mol. The summed E-state index contributed by atoms with van der Waals surface area (Å²) >= 11 is 0. The van der Waals surface area contributed by atoms with Crippen molar-refractivity contribution in [1.82, 2.24) is 10.2 Å². The number of carbonyl (C=O) groups is 2. The number of anilines is 1. The molecule has 5 nitrogen and oxygen atoms in total. The van der Waals surface area contributed by atoms with Crippen molar-refractivity contribution >= 4 is 17.5 Å². The Hall–Kier alpha value is -2.66. The molecule has 1 saturated heterocycles. The molecule has 2 N–H and O–H groups in total. The minimum Gasteiger partial charge on any atom is -0.338 e. The zero-order valence-corrected chi connectivity index (χ0v) is 15.8. The van der Waals surface area contributed by atoms with Crippen LogP contribution in [-0.2, 0) is 6.54 Å². The van der Waals surface area contributed by atoms with Crippen LogP contribution < -0.4 is 10.6 Å². The van der Waals surface area contributed by atoms with E-state index >= 15 is 0 Å². The van der Waals surface area contributed by atoms with Gasteiger partial charge >= 0.3 is 6.03 Å². The van der Waals surface area contributed by atoms with Gasteiger partial charge in [0.15, 0.2) is 5.78 Å². The number of hydrogen-bond donors (Lipinski definition) is 2. The summed E-state index contributed by atoms with van der Waals surface area (Å²) in [6, 6.07) is 17.3. The third kappa shape index (κ3) is 5.93. The maximum atomic E-state index is 12.2. The highest BCUT2D eigenvalue weighted by Gasteiger charge is 2.20. The molecular formula is C22H27N3O2. The van der Waals surface area contributed by atoms with E-state index in [4.69, 9.17) is 0 Å². The SMILES string of the molecule is CC(=O)c1cccc(NC(=O)NCC2CCCN(Cc3ccccc3)C2)c1. The summed E-state index contributed by atoms with van der Waals surface area (Å²) in [6.07, 6.45) is 2.28. The third-order valence-electron chi connectivity index (χ3n) is 4.93. The number of nitrogens with zero attached hydrogens (tertiary/aromatic N) is 1. The standard InChI is InChI=1S/C22H27N3O2/c1-17(26)20-10-5-11-21(13-20)24-22(27)23-14-19-9-6-12-25(16-19)15-18-7-3-2-4-8-18/h2-5,7-8,10-11,13,19H,6,9,12,14-16H2,1H3,(H2,23,24,27). The molecule has 1 fully saturated rings. The fourth-order valence-electron chi connectivity index (χ4n) is 3.53. The molecule has 3 rings (SSSR count). The highest BCUT2D eigenvalue weighted by molar-refractivity contribution is 5.96. The molecule has 2 aromatic rings. The fourth-order valence-corrected chi connectivity index (χ4v) is 3.53. The van der Waals surface area contributed by atoms with Crippen LogP contribution >= 0.6 is 0 Å². The lowest BCUT2D eigenvalue weighted by Crippen LogP contribution is -2.41. The number of urea groups is 1. The Balaban J connectivity index is 1.45. The lowest BCUT2D eigenvalue weighted by molar-refractivity contribution is 0.101. The van der Waals surface area contributed by atoms with E-state index in [2.05, 4.69) is 39.8 Å². The van der Waals surface area contributed by atoms with Gasteiger partial charge in [-0.1, -0.05) is 42.5 Å². The van der Waals surface area contributed by atoms with Crippen molar-refractivity contribution in [3.05, 3.63) is 65.7 Å². The van der Waals surface area contributed by atoms with Gasteiger partial charge in [-0.2, -0.15) is 0 Å². The number of amides is 2. The molecule has 1 heterocycles. The number of likely N-dealkylation sites (tertiary alicyclic amines) is 1. The lowest BCUT2D eigenvalue weighted by atomic mass is 9.97. The molecule has 0 radical (unpaired) electrons. The largest absolute Gasteiger partial charge is 0.338 e. The second kappa shape index (κ2) is 9.33. The average Bonchev–Trinajstić information content (AvgIpc) is 2.68. The highest BCUT2D eigenvalue weighted by Crippen LogP contribution is 2.18. The number of nitrogens with one attached hydrogen (secondary N) is 2. The van der Waals surface area contributed by atoms with Gasteiger partial charge in [0.2, 0.25) is 0 Å².